The van der Waals surface area contributed by atoms with Crippen LogP contribution >= 0.6 is 0 Å². The zero-order valence-electron chi connectivity index (χ0n) is 38.9. The van der Waals surface area contributed by atoms with Gasteiger partial charge in [-0.2, -0.15) is 0 Å². The molecule has 0 fully saturated rings. The molecule has 9 aromatic carbocycles. The van der Waals surface area contributed by atoms with Crippen LogP contribution in [0.15, 0.2) is 158 Å². The molecule has 0 saturated heterocycles. The summed E-state index contributed by atoms with van der Waals surface area (Å²) in [6, 6.07) is 61.1. The normalized spacial score (nSPS) is 12.8. The van der Waals surface area contributed by atoms with Crippen molar-refractivity contribution >= 4 is 148 Å². The Morgan fingerprint density at radius 2 is 0.548 bits per heavy atom. The fourth-order valence-corrected chi connectivity index (χ4v) is 20.4. The first kappa shape index (κ1) is 43.3. The molecule has 0 heterocycles. The van der Waals surface area contributed by atoms with Gasteiger partial charge in [-0.15, -0.1) is 0 Å². The van der Waals surface area contributed by atoms with Crippen molar-refractivity contribution in [3.05, 3.63) is 158 Å². The van der Waals surface area contributed by atoms with E-state index in [0.717, 1.165) is 0 Å². The third-order valence-corrected chi connectivity index (χ3v) is 29.9. The standard InChI is InChI=1S/C56H62Ge4N2/c1-57(2,3)39-33-40(58(4,5)6)36-45(35-39)61(43-21-15-13-16-22-43)53-31-29-49-48-26-20-28-52-54(32-30-50(56(48)52)47-25-19-27-51(53)55(47)49)62(44-23-17-14-18-24-44)46-37-41(59(7,8)9)34-42(38-46)60(10,11)12/h13-38H,1-12H3. The van der Waals surface area contributed by atoms with E-state index in [-0.39, 0.29) is 0 Å². The molecule has 9 aromatic rings. The molecule has 312 valence electrons. The first-order valence-electron chi connectivity index (χ1n) is 22.4. The van der Waals surface area contributed by atoms with E-state index in [9.17, 15) is 0 Å². The zero-order valence-corrected chi connectivity index (χ0v) is 47.3. The van der Waals surface area contributed by atoms with Crippen molar-refractivity contribution in [3.8, 4) is 0 Å². The summed E-state index contributed by atoms with van der Waals surface area (Å²) in [7, 11) is 0. The average Bonchev–Trinajstić information content (AvgIpc) is 3.23. The summed E-state index contributed by atoms with van der Waals surface area (Å²) in [5, 5.41) is 10.5. The molecule has 0 amide bonds. The van der Waals surface area contributed by atoms with Gasteiger partial charge in [0.25, 0.3) is 0 Å². The summed E-state index contributed by atoms with van der Waals surface area (Å²) in [6.07, 6.45) is 0. The van der Waals surface area contributed by atoms with Crippen molar-refractivity contribution < 1.29 is 0 Å². The number of benzene rings is 9. The van der Waals surface area contributed by atoms with E-state index in [4.69, 9.17) is 0 Å². The maximum absolute atomic E-state index is 2.59. The molecule has 6 heteroatoms. The molecular formula is C56H62Ge4N2. The molecular weight excluding hydrogens is 991 g/mol. The fraction of sp³-hybridized carbons (Fsp3) is 0.214. The van der Waals surface area contributed by atoms with Crippen LogP contribution in [0, 0.1) is 0 Å². The molecule has 0 radical (unpaired) electrons. The van der Waals surface area contributed by atoms with Gasteiger partial charge in [-0.1, -0.05) is 0 Å². The Kier molecular flexibility index (Phi) is 11.1. The second-order valence-electron chi connectivity index (χ2n) is 21.6. The van der Waals surface area contributed by atoms with Gasteiger partial charge >= 0.3 is 384 Å². The predicted octanol–water partition coefficient (Wildman–Crippen LogP) is 14.9. The third-order valence-electron chi connectivity index (χ3n) is 12.9. The van der Waals surface area contributed by atoms with Gasteiger partial charge in [-0.25, -0.2) is 0 Å². The topological polar surface area (TPSA) is 6.48 Å². The summed E-state index contributed by atoms with van der Waals surface area (Å²) in [5.74, 6) is 30.4. The molecule has 0 atom stereocenters. The summed E-state index contributed by atoms with van der Waals surface area (Å²) >= 11 is -8.84. The molecule has 0 aliphatic rings. The van der Waals surface area contributed by atoms with Gasteiger partial charge < -0.3 is 0 Å². The Morgan fingerprint density at radius 3 is 0.855 bits per heavy atom. The molecule has 9 rings (SSSR count). The Bertz CT molecular complexity index is 2820. The van der Waals surface area contributed by atoms with E-state index in [1.54, 1.807) is 17.6 Å². The molecule has 0 spiro atoms. The summed E-state index contributed by atoms with van der Waals surface area (Å²) < 4.78 is 6.31. The fourth-order valence-electron chi connectivity index (χ4n) is 9.29. The van der Waals surface area contributed by atoms with E-state index in [1.165, 1.54) is 77.2 Å². The van der Waals surface area contributed by atoms with Crippen molar-refractivity contribution in [2.24, 2.45) is 0 Å². The van der Waals surface area contributed by atoms with Crippen molar-refractivity contribution in [2.75, 3.05) is 9.80 Å². The molecule has 0 N–H and O–H groups in total. The van der Waals surface area contributed by atoms with Gasteiger partial charge in [0.05, 0.1) is 0 Å². The van der Waals surface area contributed by atoms with Crippen molar-refractivity contribution in [3.63, 3.8) is 0 Å². The number of anilines is 6. The van der Waals surface area contributed by atoms with Crippen LogP contribution in [0.4, 0.5) is 34.1 Å². The summed E-state index contributed by atoms with van der Waals surface area (Å²) in [6.45, 7) is 0. The molecule has 0 bridgehead atoms. The Balaban J connectivity index is 1.32. The van der Waals surface area contributed by atoms with Gasteiger partial charge in [-0.3, -0.25) is 0 Å². The second-order valence-corrected chi connectivity index (χ2v) is 64.2. The number of hydrogen-bond acceptors (Lipinski definition) is 2. The van der Waals surface area contributed by atoms with Crippen LogP contribution < -0.4 is 27.4 Å². The summed E-state index contributed by atoms with van der Waals surface area (Å²) in [4.78, 5) is 5.11. The van der Waals surface area contributed by atoms with Crippen LogP contribution in [-0.4, -0.2) is 53.1 Å². The molecule has 0 aliphatic heterocycles. The molecule has 62 heavy (non-hydrogen) atoms. The third kappa shape index (κ3) is 7.96. The van der Waals surface area contributed by atoms with Crippen molar-refractivity contribution in [1.29, 1.82) is 0 Å². The van der Waals surface area contributed by atoms with Crippen molar-refractivity contribution in [2.45, 2.75) is 69.1 Å². The quantitative estimate of drug-likeness (QED) is 0.0765. The van der Waals surface area contributed by atoms with E-state index in [2.05, 4.69) is 237 Å². The number of para-hydroxylation sites is 2. The van der Waals surface area contributed by atoms with Crippen LogP contribution in [0.25, 0.3) is 43.1 Å². The average molecular weight is 1050 g/mol. The SMILES string of the molecule is [CH3][Ge]([CH3])([CH3])[c]1cc(N(c2ccccc2)c2ccc3c4cccc5c(N(c6ccccc6)c6c[c]([Ge]([CH3])([CH3])[CH3])c[c]([Ge]([CH3])([CH3])[CH3])c6)ccc(c6cccc2c63)c54)c[c]([Ge]([CH3])([CH3])[CH3])c1. The van der Waals surface area contributed by atoms with Crippen LogP contribution in [0.1, 0.15) is 0 Å². The van der Waals surface area contributed by atoms with Gasteiger partial charge in [0.1, 0.15) is 0 Å². The Hall–Kier alpha value is -3.95. The van der Waals surface area contributed by atoms with Crippen LogP contribution in [0.3, 0.4) is 0 Å². The first-order valence-corrected chi connectivity index (χ1v) is 51.8. The van der Waals surface area contributed by atoms with Crippen LogP contribution in [-0.2, 0) is 0 Å². The monoisotopic (exact) mass is 1060 g/mol. The van der Waals surface area contributed by atoms with E-state index in [1.807, 2.05) is 0 Å². The Labute approximate surface area is 381 Å². The van der Waals surface area contributed by atoms with Gasteiger partial charge in [-0.05, 0) is 0 Å². The van der Waals surface area contributed by atoms with E-state index < -0.39 is 53.1 Å². The molecule has 0 saturated carbocycles. The minimum absolute atomic E-state index is 1.19. The van der Waals surface area contributed by atoms with Gasteiger partial charge in [0.2, 0.25) is 0 Å². The van der Waals surface area contributed by atoms with Gasteiger partial charge in [0, 0.05) is 0 Å². The minimum atomic E-state index is -2.21. The number of fused-ring (bicyclic) bond motifs is 2. The predicted molar refractivity (Wildman–Crippen MR) is 289 cm³/mol. The zero-order chi connectivity index (χ0) is 43.9. The number of rotatable bonds is 10. The number of hydrogen-bond donors (Lipinski definition) is 0. The maximum atomic E-state index is 2.59. The molecule has 0 aliphatic carbocycles. The second kappa shape index (κ2) is 15.9. The van der Waals surface area contributed by atoms with E-state index >= 15 is 0 Å². The van der Waals surface area contributed by atoms with E-state index in [0.29, 0.717) is 0 Å². The van der Waals surface area contributed by atoms with Crippen LogP contribution in [0.2, 0.25) is 69.1 Å². The molecule has 0 aromatic heterocycles. The molecule has 2 nitrogen and oxygen atoms in total. The Morgan fingerprint density at radius 1 is 0.258 bits per heavy atom. The summed E-state index contributed by atoms with van der Waals surface area (Å²) in [5.41, 5.74) is 7.42. The first-order chi connectivity index (χ1) is 29.3. The van der Waals surface area contributed by atoms with Crippen LogP contribution in [0.5, 0.6) is 0 Å². The van der Waals surface area contributed by atoms with Gasteiger partial charge in [0.15, 0.2) is 0 Å². The van der Waals surface area contributed by atoms with Crippen molar-refractivity contribution in [1.82, 2.24) is 0 Å². The molecule has 0 unspecified atom stereocenters. The number of nitrogens with zero attached hydrogens (tertiary/aromatic N) is 2.